The van der Waals surface area contributed by atoms with Crippen LogP contribution in [0.2, 0.25) is 0 Å². The molecule has 1 N–H and O–H groups in total. The van der Waals surface area contributed by atoms with Crippen LogP contribution in [0.3, 0.4) is 0 Å². The van der Waals surface area contributed by atoms with Crippen LogP contribution < -0.4 is 4.74 Å². The highest BCUT2D eigenvalue weighted by atomic mass is 31.1. The predicted octanol–water partition coefficient (Wildman–Crippen LogP) is 2.87. The molecule has 0 aromatic heterocycles. The number of benzene rings is 1. The Morgan fingerprint density at radius 3 is 2.30 bits per heavy atom. The van der Waals surface area contributed by atoms with E-state index in [2.05, 4.69) is 0 Å². The van der Waals surface area contributed by atoms with Crippen molar-refractivity contribution in [3.05, 3.63) is 29.3 Å². The lowest BCUT2D eigenvalue weighted by molar-refractivity contribution is -0.176. The lowest BCUT2D eigenvalue weighted by Gasteiger charge is -2.27. The lowest BCUT2D eigenvalue weighted by Crippen LogP contribution is -2.27. The van der Waals surface area contributed by atoms with Crippen LogP contribution in [-0.2, 0) is 19.6 Å². The molecule has 0 aliphatic carbocycles. The molecule has 0 fully saturated rings. The second kappa shape index (κ2) is 7.33. The number of methoxy groups -OCH3 is 1. The number of hydrogen-bond donors (Lipinski definition) is 1. The number of carboxylic acids is 1. The van der Waals surface area contributed by atoms with Crippen molar-refractivity contribution in [2.24, 2.45) is 0 Å². The van der Waals surface area contributed by atoms with Crippen molar-refractivity contribution < 1.29 is 28.7 Å². The Balaban J connectivity index is 3.34. The first-order chi connectivity index (χ1) is 9.54. The topological polar surface area (TPSA) is 82.1 Å². The summed E-state index contributed by atoms with van der Waals surface area (Å²) in [5, 5.41) is 9.05. The van der Waals surface area contributed by atoms with Crippen LogP contribution in [0, 0.1) is 0 Å². The summed E-state index contributed by atoms with van der Waals surface area (Å²) in [6, 6.07) is 4.33. The van der Waals surface area contributed by atoms with Crippen LogP contribution in [0.4, 0.5) is 0 Å². The molecule has 1 rings (SSSR count). The largest absolute Gasteiger partial charge is 0.496 e. The number of carbonyl (C=O) groups is 1. The van der Waals surface area contributed by atoms with E-state index in [0.29, 0.717) is 5.56 Å². The highest BCUT2D eigenvalue weighted by Gasteiger charge is 2.36. The van der Waals surface area contributed by atoms with Gasteiger partial charge in [0.15, 0.2) is 0 Å². The molecule has 0 unspecified atom stereocenters. The van der Waals surface area contributed by atoms with Gasteiger partial charge in [-0.2, -0.15) is 0 Å². The molecule has 1 aromatic rings. The second-order valence-corrected chi connectivity index (χ2v) is 4.53. The number of aromatic carboxylic acids is 1. The smallest absolute Gasteiger partial charge is 0.339 e. The first-order valence-electron chi connectivity index (χ1n) is 6.08. The molecule has 7 heteroatoms. The number of hydrogen-bond acceptors (Lipinski definition) is 5. The van der Waals surface area contributed by atoms with Crippen molar-refractivity contribution in [2.75, 3.05) is 20.3 Å². The summed E-state index contributed by atoms with van der Waals surface area (Å²) in [5.41, 5.74) is -1.01. The lowest BCUT2D eigenvalue weighted by atomic mass is 10.1. The van der Waals surface area contributed by atoms with E-state index in [-0.39, 0.29) is 33.0 Å². The third-order valence-electron chi connectivity index (χ3n) is 2.60. The van der Waals surface area contributed by atoms with E-state index in [1.807, 2.05) is 0 Å². The van der Waals surface area contributed by atoms with E-state index in [1.165, 1.54) is 25.3 Å². The second-order valence-electron chi connectivity index (χ2n) is 3.76. The van der Waals surface area contributed by atoms with Crippen LogP contribution in [0.15, 0.2) is 18.2 Å². The van der Waals surface area contributed by atoms with Gasteiger partial charge < -0.3 is 19.3 Å². The third kappa shape index (κ3) is 3.33. The molecule has 0 aliphatic rings. The van der Waals surface area contributed by atoms with Crippen molar-refractivity contribution in [2.45, 2.75) is 19.4 Å². The van der Waals surface area contributed by atoms with Gasteiger partial charge in [-0.1, -0.05) is 6.07 Å². The maximum atomic E-state index is 11.5. The molecule has 0 saturated heterocycles. The summed E-state index contributed by atoms with van der Waals surface area (Å²) >= 11 is 0. The standard InChI is InChI=1S/C13H17O6P/c1-4-18-13(20-16,19-5-2)9-6-7-10(12(14)15)11(8-9)17-3/h6-8H,4-5H2,1-3H3,(H,14,15). The van der Waals surface area contributed by atoms with Gasteiger partial charge in [-0.05, 0) is 26.0 Å². The van der Waals surface area contributed by atoms with Crippen LogP contribution in [0.1, 0.15) is 29.8 Å². The fraction of sp³-hybridized carbons (Fsp3) is 0.462. The molecule has 110 valence electrons. The first-order valence-corrected chi connectivity index (χ1v) is 6.90. The van der Waals surface area contributed by atoms with Gasteiger partial charge in [-0.15, -0.1) is 0 Å². The number of rotatable bonds is 8. The van der Waals surface area contributed by atoms with Gasteiger partial charge in [0.25, 0.3) is 5.53 Å². The Kier molecular flexibility index (Phi) is 6.07. The Labute approximate surface area is 118 Å². The maximum Gasteiger partial charge on any atom is 0.339 e. The highest BCUT2D eigenvalue weighted by molar-refractivity contribution is 7.24. The summed E-state index contributed by atoms with van der Waals surface area (Å²) < 4.78 is 27.5. The molecular formula is C13H17O6P. The summed E-state index contributed by atoms with van der Waals surface area (Å²) in [4.78, 5) is 11.1. The monoisotopic (exact) mass is 300 g/mol. The summed E-state index contributed by atoms with van der Waals surface area (Å²) in [5.74, 6) is -0.950. The molecule has 0 heterocycles. The number of ether oxygens (including phenoxy) is 3. The molecule has 20 heavy (non-hydrogen) atoms. The molecule has 1 aromatic carbocycles. The Morgan fingerprint density at radius 1 is 1.30 bits per heavy atom. The van der Waals surface area contributed by atoms with Crippen LogP contribution in [0.25, 0.3) is 0 Å². The number of carboxylic acid groups (broad SMARTS) is 1. The summed E-state index contributed by atoms with van der Waals surface area (Å²) in [7, 11) is 0.993. The van der Waals surface area contributed by atoms with Gasteiger partial charge >= 0.3 is 5.97 Å². The van der Waals surface area contributed by atoms with Gasteiger partial charge in [-0.3, -0.25) is 4.57 Å². The maximum absolute atomic E-state index is 11.5. The van der Waals surface area contributed by atoms with Crippen LogP contribution in [0.5, 0.6) is 5.75 Å². The molecular weight excluding hydrogens is 283 g/mol. The molecule has 6 nitrogen and oxygen atoms in total. The van der Waals surface area contributed by atoms with Gasteiger partial charge in [0.1, 0.15) is 11.3 Å². The van der Waals surface area contributed by atoms with Crippen molar-refractivity contribution >= 4 is 14.4 Å². The predicted molar refractivity (Wildman–Crippen MR) is 72.5 cm³/mol. The minimum Gasteiger partial charge on any atom is -0.496 e. The van der Waals surface area contributed by atoms with Crippen molar-refractivity contribution in [3.63, 3.8) is 0 Å². The van der Waals surface area contributed by atoms with E-state index in [0.717, 1.165) is 0 Å². The quantitative estimate of drug-likeness (QED) is 0.587. The SMILES string of the molecule is CCOC(OCC)(P=O)c1ccc(C(=O)O)c(OC)c1. The van der Waals surface area contributed by atoms with Crippen molar-refractivity contribution in [3.8, 4) is 5.75 Å². The Morgan fingerprint density at radius 2 is 1.90 bits per heavy atom. The van der Waals surface area contributed by atoms with Crippen molar-refractivity contribution in [1.82, 2.24) is 0 Å². The molecule has 0 aliphatic heterocycles. The summed E-state index contributed by atoms with van der Waals surface area (Å²) in [6.45, 7) is 4.08. The first kappa shape index (κ1) is 16.6. The fourth-order valence-corrected chi connectivity index (χ4v) is 2.38. The fourth-order valence-electron chi connectivity index (χ4n) is 1.77. The van der Waals surface area contributed by atoms with E-state index in [4.69, 9.17) is 19.3 Å². The molecule has 0 saturated carbocycles. The van der Waals surface area contributed by atoms with E-state index in [1.54, 1.807) is 13.8 Å². The Bertz CT molecular complexity index is 482. The van der Waals surface area contributed by atoms with Crippen LogP contribution >= 0.6 is 8.46 Å². The van der Waals surface area contributed by atoms with Gasteiger partial charge in [0.05, 0.1) is 7.11 Å². The van der Waals surface area contributed by atoms with Crippen molar-refractivity contribution in [1.29, 1.82) is 0 Å². The minimum absolute atomic E-state index is 0.0145. The summed E-state index contributed by atoms with van der Waals surface area (Å²) in [6.07, 6.45) is 0. The third-order valence-corrected chi connectivity index (χ3v) is 3.35. The zero-order valence-electron chi connectivity index (χ0n) is 11.6. The Hall–Kier alpha value is -1.49. The molecule has 0 amide bonds. The molecule has 0 radical (unpaired) electrons. The van der Waals surface area contributed by atoms with Gasteiger partial charge in [-0.25, -0.2) is 4.79 Å². The van der Waals surface area contributed by atoms with E-state index in [9.17, 15) is 9.36 Å². The normalized spacial score (nSPS) is 11.6. The van der Waals surface area contributed by atoms with Crippen LogP contribution in [-0.4, -0.2) is 31.4 Å². The van der Waals surface area contributed by atoms with Gasteiger partial charge in [0, 0.05) is 18.8 Å². The van der Waals surface area contributed by atoms with E-state index >= 15 is 0 Å². The zero-order valence-corrected chi connectivity index (χ0v) is 12.5. The molecule has 0 atom stereocenters. The zero-order chi connectivity index (χ0) is 15.2. The average molecular weight is 300 g/mol. The van der Waals surface area contributed by atoms with E-state index < -0.39 is 11.5 Å². The van der Waals surface area contributed by atoms with Gasteiger partial charge in [0.2, 0.25) is 8.46 Å². The molecule has 0 bridgehead atoms. The average Bonchev–Trinajstić information content (AvgIpc) is 2.46. The highest BCUT2D eigenvalue weighted by Crippen LogP contribution is 2.40. The molecule has 0 spiro atoms. The minimum atomic E-state index is -1.45.